The van der Waals surface area contributed by atoms with Crippen LogP contribution in [-0.4, -0.2) is 49.3 Å². The lowest BCUT2D eigenvalue weighted by Gasteiger charge is -2.10. The predicted molar refractivity (Wildman–Crippen MR) is 147 cm³/mol. The van der Waals surface area contributed by atoms with Crippen LogP contribution in [0.15, 0.2) is 95.3 Å². The van der Waals surface area contributed by atoms with Crippen molar-refractivity contribution in [1.82, 2.24) is 20.2 Å². The Morgan fingerprint density at radius 1 is 1.10 bits per heavy atom. The van der Waals surface area contributed by atoms with Gasteiger partial charge in [-0.2, -0.15) is 5.10 Å². The van der Waals surface area contributed by atoms with Crippen LogP contribution in [0.3, 0.4) is 0 Å². The number of carbonyl (C=O) groups is 1. The number of ether oxygens (including phenoxy) is 1. The van der Waals surface area contributed by atoms with Gasteiger partial charge in [0.15, 0.2) is 11.0 Å². The molecule has 9 nitrogen and oxygen atoms in total. The third kappa shape index (κ3) is 8.43. The van der Waals surface area contributed by atoms with Crippen molar-refractivity contribution < 1.29 is 27.8 Å². The fourth-order valence-corrected chi connectivity index (χ4v) is 4.02. The highest BCUT2D eigenvalue weighted by atomic mass is 32.2. The molecule has 0 aliphatic heterocycles. The number of amidine groups is 1. The van der Waals surface area contributed by atoms with Crippen molar-refractivity contribution >= 4 is 29.1 Å². The van der Waals surface area contributed by atoms with Crippen molar-refractivity contribution in [1.29, 1.82) is 0 Å². The zero-order valence-corrected chi connectivity index (χ0v) is 21.8. The average Bonchev–Trinajstić information content (AvgIpc) is 3.42. The molecular weight excluding hydrogens is 545 g/mol. The van der Waals surface area contributed by atoms with Crippen molar-refractivity contribution in [2.45, 2.75) is 19.3 Å². The summed E-state index contributed by atoms with van der Waals surface area (Å²) in [5.74, 6) is -1.03. The summed E-state index contributed by atoms with van der Waals surface area (Å²) in [6.45, 7) is 1.91. The normalized spacial score (nSPS) is 12.8. The molecule has 0 aliphatic rings. The van der Waals surface area contributed by atoms with E-state index >= 15 is 0 Å². The minimum Gasteiger partial charge on any atom is -0.481 e. The molecular formula is C27H23F3N6O3S. The van der Waals surface area contributed by atoms with Gasteiger partial charge in [0.25, 0.3) is 0 Å². The number of aliphatic carboxylic acids is 1. The van der Waals surface area contributed by atoms with Crippen LogP contribution in [0, 0.1) is 0 Å². The molecule has 2 N–H and O–H groups in total. The summed E-state index contributed by atoms with van der Waals surface area (Å²) in [6.07, 6.45) is -1.73. The van der Waals surface area contributed by atoms with E-state index in [9.17, 15) is 18.0 Å². The van der Waals surface area contributed by atoms with E-state index < -0.39 is 12.3 Å². The van der Waals surface area contributed by atoms with E-state index in [0.717, 1.165) is 28.5 Å². The number of nitrogens with one attached hydrogen (secondary N) is 1. The van der Waals surface area contributed by atoms with Crippen molar-refractivity contribution in [2.24, 2.45) is 10.1 Å². The Labute approximate surface area is 231 Å². The molecule has 0 aliphatic carbocycles. The summed E-state index contributed by atoms with van der Waals surface area (Å²) in [5, 5.41) is 18.0. The smallest absolute Gasteiger partial charge is 0.481 e. The maximum atomic E-state index is 12.4. The van der Waals surface area contributed by atoms with Crippen LogP contribution in [0.5, 0.6) is 5.75 Å². The molecule has 3 aromatic carbocycles. The minimum atomic E-state index is -4.76. The first-order chi connectivity index (χ1) is 19.2. The van der Waals surface area contributed by atoms with Gasteiger partial charge in [0.05, 0.1) is 23.7 Å². The summed E-state index contributed by atoms with van der Waals surface area (Å²) >= 11 is 1.04. The van der Waals surface area contributed by atoms with Crippen molar-refractivity contribution in [3.63, 3.8) is 0 Å². The van der Waals surface area contributed by atoms with E-state index in [0.29, 0.717) is 16.7 Å². The van der Waals surface area contributed by atoms with Crippen LogP contribution in [-0.2, 0) is 4.79 Å². The van der Waals surface area contributed by atoms with Gasteiger partial charge in [-0.1, -0.05) is 66.4 Å². The molecule has 206 valence electrons. The van der Waals surface area contributed by atoms with E-state index in [1.54, 1.807) is 30.5 Å². The third-order valence-corrected chi connectivity index (χ3v) is 6.16. The molecule has 13 heteroatoms. The van der Waals surface area contributed by atoms with Crippen LogP contribution >= 0.6 is 11.8 Å². The Hall–Kier alpha value is -4.65. The first kappa shape index (κ1) is 28.4. The molecule has 0 spiro atoms. The number of aromatic nitrogens is 3. The lowest BCUT2D eigenvalue weighted by molar-refractivity contribution is -0.274. The molecule has 4 aromatic rings. The molecule has 40 heavy (non-hydrogen) atoms. The third-order valence-electron chi connectivity index (χ3n) is 5.29. The van der Waals surface area contributed by atoms with E-state index in [4.69, 9.17) is 5.11 Å². The highest BCUT2D eigenvalue weighted by Gasteiger charge is 2.31. The Balaban J connectivity index is 1.40. The molecule has 0 amide bonds. The maximum absolute atomic E-state index is 12.4. The molecule has 1 unspecified atom stereocenters. The van der Waals surface area contributed by atoms with Gasteiger partial charge in [0.2, 0.25) is 0 Å². The molecule has 1 atom stereocenters. The highest BCUT2D eigenvalue weighted by Crippen LogP contribution is 2.24. The molecule has 0 fully saturated rings. The summed E-state index contributed by atoms with van der Waals surface area (Å²) in [5.41, 5.74) is 5.81. The molecule has 1 heterocycles. The Morgan fingerprint density at radius 3 is 2.45 bits per heavy atom. The van der Waals surface area contributed by atoms with Crippen molar-refractivity contribution in [2.75, 3.05) is 5.75 Å². The highest BCUT2D eigenvalue weighted by molar-refractivity contribution is 8.14. The molecule has 1 aromatic heterocycles. The minimum absolute atomic E-state index is 0.164. The second kappa shape index (κ2) is 12.9. The topological polar surface area (TPSA) is 114 Å². The van der Waals surface area contributed by atoms with Crippen LogP contribution in [0.1, 0.15) is 24.1 Å². The number of thioether (sulfide) groups is 1. The number of carboxylic acid groups (broad SMARTS) is 1. The Morgan fingerprint density at radius 2 is 1.80 bits per heavy atom. The molecule has 0 saturated carbocycles. The average molecular weight is 569 g/mol. The van der Waals surface area contributed by atoms with Gasteiger partial charge in [-0.15, -0.1) is 18.3 Å². The fourth-order valence-electron chi connectivity index (χ4n) is 3.41. The van der Waals surface area contributed by atoms with Gasteiger partial charge in [-0.3, -0.25) is 15.2 Å². The maximum Gasteiger partial charge on any atom is 0.573 e. The fraction of sp³-hybridized carbons (Fsp3) is 0.148. The van der Waals surface area contributed by atoms with E-state index in [-0.39, 0.29) is 17.5 Å². The number of nitrogens with zero attached hydrogens (tertiary/aromatic N) is 5. The number of halogens is 3. The lowest BCUT2D eigenvalue weighted by Crippen LogP contribution is -2.17. The lowest BCUT2D eigenvalue weighted by atomic mass is 10.1. The standard InChI is InChI=1S/C27H23F3N6O3S/c1-18(20-5-3-2-4-6-20)33-26(40-16-24(37)38)34-32-15-19-7-9-21(10-8-19)25-31-17-36(35-25)22-11-13-23(14-12-22)39-27(28,29)30/h2-15,17-18H,16H2,1H3,(H,33,34)(H,37,38)/b32-15+. The zero-order chi connectivity index (χ0) is 28.5. The Kier molecular flexibility index (Phi) is 9.17. The van der Waals surface area contributed by atoms with Crippen LogP contribution in [0.25, 0.3) is 17.1 Å². The largest absolute Gasteiger partial charge is 0.573 e. The van der Waals surface area contributed by atoms with Crippen LogP contribution in [0.4, 0.5) is 13.2 Å². The summed E-state index contributed by atoms with van der Waals surface area (Å²) in [6, 6.07) is 21.9. The van der Waals surface area contributed by atoms with Gasteiger partial charge in [0, 0.05) is 5.56 Å². The quantitative estimate of drug-likeness (QED) is 0.151. The Bertz CT molecular complexity index is 1470. The van der Waals surface area contributed by atoms with Crippen LogP contribution in [0.2, 0.25) is 0 Å². The number of carboxylic acids is 1. The zero-order valence-electron chi connectivity index (χ0n) is 21.0. The van der Waals surface area contributed by atoms with Gasteiger partial charge in [0.1, 0.15) is 12.1 Å². The predicted octanol–water partition coefficient (Wildman–Crippen LogP) is 5.69. The summed E-state index contributed by atoms with van der Waals surface area (Å²) in [4.78, 5) is 19.9. The first-order valence-electron chi connectivity index (χ1n) is 11.8. The molecule has 4 rings (SSSR count). The number of aliphatic imine (C=N–C) groups is 1. The number of rotatable bonds is 9. The number of benzene rings is 3. The van der Waals surface area contributed by atoms with E-state index in [1.165, 1.54) is 35.3 Å². The number of hydrogen-bond acceptors (Lipinski definition) is 7. The first-order valence-corrected chi connectivity index (χ1v) is 12.8. The second-order valence-corrected chi connectivity index (χ2v) is 9.21. The molecule has 0 saturated heterocycles. The van der Waals surface area contributed by atoms with Gasteiger partial charge in [-0.05, 0) is 42.3 Å². The number of hydrogen-bond donors (Lipinski definition) is 2. The monoisotopic (exact) mass is 568 g/mol. The van der Waals surface area contributed by atoms with E-state index in [2.05, 4.69) is 30.3 Å². The second-order valence-electron chi connectivity index (χ2n) is 8.25. The number of alkyl halides is 3. The molecule has 0 bridgehead atoms. The van der Waals surface area contributed by atoms with Crippen molar-refractivity contribution in [3.05, 3.63) is 96.3 Å². The number of hydrazone groups is 1. The summed E-state index contributed by atoms with van der Waals surface area (Å²) in [7, 11) is 0. The summed E-state index contributed by atoms with van der Waals surface area (Å²) < 4.78 is 42.4. The van der Waals surface area contributed by atoms with Crippen molar-refractivity contribution in [3.8, 4) is 22.8 Å². The van der Waals surface area contributed by atoms with E-state index in [1.807, 2.05) is 37.3 Å². The van der Waals surface area contributed by atoms with Gasteiger partial charge in [-0.25, -0.2) is 9.67 Å². The van der Waals surface area contributed by atoms with Gasteiger partial charge < -0.3 is 9.84 Å². The molecule has 0 radical (unpaired) electrons. The van der Waals surface area contributed by atoms with Crippen LogP contribution < -0.4 is 10.2 Å². The SMILES string of the molecule is CC(/N=C(/N/N=C/c1ccc(-c2ncn(-c3ccc(OC(F)(F)F)cc3)n2)cc1)SCC(=O)O)c1ccccc1. The van der Waals surface area contributed by atoms with Gasteiger partial charge >= 0.3 is 12.3 Å².